The summed E-state index contributed by atoms with van der Waals surface area (Å²) >= 11 is 1.40. The Balaban J connectivity index is 1.32. The van der Waals surface area contributed by atoms with Gasteiger partial charge in [0.05, 0.1) is 25.0 Å². The lowest BCUT2D eigenvalue weighted by molar-refractivity contribution is -0.137. The van der Waals surface area contributed by atoms with E-state index in [1.165, 1.54) is 11.8 Å². The lowest BCUT2D eigenvalue weighted by Crippen LogP contribution is -2.51. The zero-order valence-corrected chi connectivity index (χ0v) is 21.5. The van der Waals surface area contributed by atoms with Crippen LogP contribution in [0.1, 0.15) is 22.5 Å². The predicted octanol–water partition coefficient (Wildman–Crippen LogP) is 3.21. The minimum absolute atomic E-state index is 0.0445. The first-order valence-corrected chi connectivity index (χ1v) is 12.6. The molecule has 3 aromatic rings. The number of amides is 2. The van der Waals surface area contributed by atoms with Gasteiger partial charge in [0.1, 0.15) is 11.6 Å². The van der Waals surface area contributed by atoms with Crippen molar-refractivity contribution in [2.45, 2.75) is 32.3 Å². The fourth-order valence-electron chi connectivity index (χ4n) is 4.17. The van der Waals surface area contributed by atoms with E-state index >= 15 is 0 Å². The van der Waals surface area contributed by atoms with Crippen molar-refractivity contribution >= 4 is 23.6 Å². The number of piperazine rings is 1. The summed E-state index contributed by atoms with van der Waals surface area (Å²) in [6, 6.07) is 13.8. The van der Waals surface area contributed by atoms with E-state index < -0.39 is 0 Å². The van der Waals surface area contributed by atoms with E-state index in [1.54, 1.807) is 7.11 Å². The van der Waals surface area contributed by atoms with E-state index in [4.69, 9.17) is 4.74 Å². The number of methoxy groups -OCH3 is 1. The van der Waals surface area contributed by atoms with Gasteiger partial charge in [-0.3, -0.25) is 14.2 Å². The molecule has 0 saturated carbocycles. The maximum Gasteiger partial charge on any atom is 0.233 e. The van der Waals surface area contributed by atoms with E-state index in [0.717, 1.165) is 34.0 Å². The van der Waals surface area contributed by atoms with Crippen LogP contribution in [0, 0.1) is 20.8 Å². The number of carbonyl (C=O) groups is 2. The minimum Gasteiger partial charge on any atom is -0.497 e. The molecule has 0 N–H and O–H groups in total. The quantitative estimate of drug-likeness (QED) is 0.470. The van der Waals surface area contributed by atoms with Gasteiger partial charge in [-0.2, -0.15) is 0 Å². The van der Waals surface area contributed by atoms with Crippen molar-refractivity contribution < 1.29 is 14.3 Å². The Kier molecular flexibility index (Phi) is 7.75. The summed E-state index contributed by atoms with van der Waals surface area (Å²) in [4.78, 5) is 29.3. The number of hydrogen-bond donors (Lipinski definition) is 0. The van der Waals surface area contributed by atoms with Crippen LogP contribution in [0.2, 0.25) is 0 Å². The molecule has 1 fully saturated rings. The maximum absolute atomic E-state index is 12.9. The van der Waals surface area contributed by atoms with Crippen molar-refractivity contribution in [1.82, 2.24) is 24.6 Å². The van der Waals surface area contributed by atoms with Gasteiger partial charge in [-0.1, -0.05) is 36.0 Å². The van der Waals surface area contributed by atoms with Crippen molar-refractivity contribution in [3.63, 3.8) is 0 Å². The number of aryl methyl sites for hydroxylation is 3. The molecule has 8 nitrogen and oxygen atoms in total. The first kappa shape index (κ1) is 24.8. The fraction of sp³-hybridized carbons (Fsp3) is 0.385. The van der Waals surface area contributed by atoms with Gasteiger partial charge < -0.3 is 14.5 Å². The number of thioether (sulfide) groups is 1. The Labute approximate surface area is 210 Å². The van der Waals surface area contributed by atoms with E-state index in [2.05, 4.69) is 42.2 Å². The summed E-state index contributed by atoms with van der Waals surface area (Å²) < 4.78 is 7.25. The Morgan fingerprint density at radius 1 is 0.943 bits per heavy atom. The summed E-state index contributed by atoms with van der Waals surface area (Å²) in [7, 11) is 1.62. The molecular formula is C26H31N5O3S. The Morgan fingerprint density at radius 3 is 2.37 bits per heavy atom. The number of rotatable bonds is 7. The van der Waals surface area contributed by atoms with Gasteiger partial charge in [0.15, 0.2) is 5.16 Å². The molecule has 1 saturated heterocycles. The molecule has 4 rings (SSSR count). The first-order chi connectivity index (χ1) is 16.9. The number of aromatic nitrogens is 3. The second-order valence-electron chi connectivity index (χ2n) is 8.73. The zero-order valence-electron chi connectivity index (χ0n) is 20.7. The summed E-state index contributed by atoms with van der Waals surface area (Å²) in [5.41, 5.74) is 4.24. The van der Waals surface area contributed by atoms with Crippen LogP contribution in [-0.4, -0.2) is 75.4 Å². The molecule has 35 heavy (non-hydrogen) atoms. The number of hydrogen-bond acceptors (Lipinski definition) is 6. The van der Waals surface area contributed by atoms with E-state index in [9.17, 15) is 9.59 Å². The highest BCUT2D eigenvalue weighted by molar-refractivity contribution is 7.99. The molecule has 0 spiro atoms. The second kappa shape index (κ2) is 10.9. The highest BCUT2D eigenvalue weighted by Gasteiger charge is 2.25. The summed E-state index contributed by atoms with van der Waals surface area (Å²) in [6.45, 7) is 8.18. The van der Waals surface area contributed by atoms with Gasteiger partial charge in [-0.25, -0.2) is 0 Å². The molecule has 0 radical (unpaired) electrons. The fourth-order valence-corrected chi connectivity index (χ4v) is 5.06. The molecule has 2 amide bonds. The van der Waals surface area contributed by atoms with Crippen LogP contribution in [0.25, 0.3) is 5.69 Å². The van der Waals surface area contributed by atoms with Crippen LogP contribution < -0.4 is 4.74 Å². The molecular weight excluding hydrogens is 462 g/mol. The van der Waals surface area contributed by atoms with Crippen molar-refractivity contribution in [1.29, 1.82) is 0 Å². The molecule has 184 valence electrons. The van der Waals surface area contributed by atoms with Crippen LogP contribution >= 0.6 is 11.8 Å². The minimum atomic E-state index is 0.0445. The highest BCUT2D eigenvalue weighted by atomic mass is 32.2. The average molecular weight is 494 g/mol. The van der Waals surface area contributed by atoms with Crippen LogP contribution in [0.4, 0.5) is 0 Å². The Bertz CT molecular complexity index is 1220. The summed E-state index contributed by atoms with van der Waals surface area (Å²) in [5, 5.41) is 9.26. The van der Waals surface area contributed by atoms with Gasteiger partial charge in [-0.05, 0) is 55.7 Å². The third kappa shape index (κ3) is 5.85. The number of ether oxygens (including phenoxy) is 1. The smallest absolute Gasteiger partial charge is 0.233 e. The van der Waals surface area contributed by atoms with Crippen LogP contribution in [0.5, 0.6) is 5.75 Å². The van der Waals surface area contributed by atoms with E-state index in [-0.39, 0.29) is 17.6 Å². The topological polar surface area (TPSA) is 80.6 Å². The lowest BCUT2D eigenvalue weighted by atomic mass is 10.1. The first-order valence-electron chi connectivity index (χ1n) is 11.7. The molecule has 0 aliphatic carbocycles. The number of benzene rings is 2. The van der Waals surface area contributed by atoms with Gasteiger partial charge >= 0.3 is 0 Å². The van der Waals surface area contributed by atoms with Crippen molar-refractivity contribution in [2.75, 3.05) is 39.0 Å². The highest BCUT2D eigenvalue weighted by Crippen LogP contribution is 2.25. The molecule has 2 heterocycles. The predicted molar refractivity (Wildman–Crippen MR) is 136 cm³/mol. The second-order valence-corrected chi connectivity index (χ2v) is 9.68. The lowest BCUT2D eigenvalue weighted by Gasteiger charge is -2.34. The van der Waals surface area contributed by atoms with Gasteiger partial charge in [-0.15, -0.1) is 10.2 Å². The third-order valence-corrected chi connectivity index (χ3v) is 7.11. The van der Waals surface area contributed by atoms with Gasteiger partial charge in [0.2, 0.25) is 11.8 Å². The molecule has 9 heteroatoms. The summed E-state index contributed by atoms with van der Waals surface area (Å²) in [6.07, 6.45) is 0.328. The van der Waals surface area contributed by atoms with Crippen molar-refractivity contribution in [3.05, 3.63) is 65.0 Å². The molecule has 0 bridgehead atoms. The maximum atomic E-state index is 12.9. The van der Waals surface area contributed by atoms with E-state index in [1.807, 2.05) is 45.6 Å². The standard InChI is InChI=1S/C26H31N5O3S/c1-18-8-9-19(2)23(14-18)31-20(3)27-28-26(31)35-17-25(33)30-12-10-29(11-13-30)24(32)16-21-6-5-7-22(15-21)34-4/h5-9,14-15H,10-13,16-17H2,1-4H3. The molecule has 2 aromatic carbocycles. The SMILES string of the molecule is COc1cccc(CC(=O)N2CCN(C(=O)CSc3nnc(C)n3-c3cc(C)ccc3C)CC2)c1. The largest absolute Gasteiger partial charge is 0.497 e. The molecule has 0 unspecified atom stereocenters. The normalized spacial score (nSPS) is 13.7. The third-order valence-electron chi connectivity index (χ3n) is 6.20. The number of carbonyl (C=O) groups excluding carboxylic acids is 2. The monoisotopic (exact) mass is 493 g/mol. The van der Waals surface area contributed by atoms with Crippen molar-refractivity contribution in [2.24, 2.45) is 0 Å². The zero-order chi connectivity index (χ0) is 24.9. The molecule has 0 atom stereocenters. The number of nitrogens with zero attached hydrogens (tertiary/aromatic N) is 5. The molecule has 1 aliphatic rings. The Morgan fingerprint density at radius 2 is 1.66 bits per heavy atom. The molecule has 1 aliphatic heterocycles. The van der Waals surface area contributed by atoms with Gasteiger partial charge in [0.25, 0.3) is 0 Å². The summed E-state index contributed by atoms with van der Waals surface area (Å²) in [5.74, 6) is 1.92. The van der Waals surface area contributed by atoms with Gasteiger partial charge in [0, 0.05) is 26.2 Å². The van der Waals surface area contributed by atoms with Crippen LogP contribution in [0.15, 0.2) is 47.6 Å². The van der Waals surface area contributed by atoms with E-state index in [0.29, 0.717) is 37.8 Å². The van der Waals surface area contributed by atoms with Crippen LogP contribution in [-0.2, 0) is 16.0 Å². The van der Waals surface area contributed by atoms with Crippen LogP contribution in [0.3, 0.4) is 0 Å². The average Bonchev–Trinajstić information content (AvgIpc) is 3.24. The van der Waals surface area contributed by atoms with Crippen molar-refractivity contribution in [3.8, 4) is 11.4 Å². The molecule has 1 aromatic heterocycles. The Hall–Kier alpha value is -3.33.